The number of piperidine rings is 1. The van der Waals surface area contributed by atoms with Gasteiger partial charge in [-0.1, -0.05) is 40.8 Å². The van der Waals surface area contributed by atoms with Gasteiger partial charge in [-0.25, -0.2) is 0 Å². The predicted molar refractivity (Wildman–Crippen MR) is 109 cm³/mol. The molecular weight excluding hydrogens is 364 g/mol. The van der Waals surface area contributed by atoms with Gasteiger partial charge in [0.1, 0.15) is 0 Å². The minimum atomic E-state index is -0.154. The van der Waals surface area contributed by atoms with Crippen molar-refractivity contribution in [3.05, 3.63) is 29.8 Å². The van der Waals surface area contributed by atoms with Crippen LogP contribution in [0.25, 0.3) is 0 Å². The van der Waals surface area contributed by atoms with Crippen LogP contribution in [0.3, 0.4) is 0 Å². The first-order chi connectivity index (χ1) is 12.4. The van der Waals surface area contributed by atoms with E-state index < -0.39 is 0 Å². The molecule has 3 atom stereocenters. The number of hydrogen-bond acceptors (Lipinski definition) is 6. The monoisotopic (exact) mass is 390 g/mol. The zero-order chi connectivity index (χ0) is 18.7. The number of hydrogen-bond donors (Lipinski definition) is 1. The molecule has 0 spiro atoms. The molecule has 0 bridgehead atoms. The summed E-state index contributed by atoms with van der Waals surface area (Å²) in [5.41, 5.74) is 2.21. The molecule has 1 aromatic carbocycles. The number of nitrogens with one attached hydrogen (secondary N) is 1. The van der Waals surface area contributed by atoms with Gasteiger partial charge in [0.05, 0.1) is 5.25 Å². The number of aromatic nitrogens is 2. The fourth-order valence-electron chi connectivity index (χ4n) is 3.34. The zero-order valence-corrected chi connectivity index (χ0v) is 17.4. The maximum atomic E-state index is 12.9. The van der Waals surface area contributed by atoms with Crippen LogP contribution in [-0.4, -0.2) is 38.3 Å². The lowest BCUT2D eigenvalue weighted by atomic mass is 9.97. The Kier molecular flexibility index (Phi) is 6.19. The van der Waals surface area contributed by atoms with Crippen LogP contribution in [0.1, 0.15) is 45.6 Å². The van der Waals surface area contributed by atoms with E-state index in [1.54, 1.807) is 0 Å². The summed E-state index contributed by atoms with van der Waals surface area (Å²) >= 11 is 2.98. The fraction of sp³-hybridized carbons (Fsp3) is 0.526. The third-order valence-corrected chi connectivity index (χ3v) is 6.79. The topological polar surface area (TPSA) is 58.1 Å². The SMILES string of the molecule is Cc1ccc(Nc2nnc(S[C@@H](C)C(=O)N3[C@H](C)CCC[C@@H]3C)s2)cc1. The Hall–Kier alpha value is -1.60. The molecule has 2 aromatic rings. The van der Waals surface area contributed by atoms with Crippen molar-refractivity contribution in [2.75, 3.05) is 5.32 Å². The lowest BCUT2D eigenvalue weighted by molar-refractivity contribution is -0.136. The average molecular weight is 391 g/mol. The van der Waals surface area contributed by atoms with Crippen LogP contribution in [0.15, 0.2) is 28.6 Å². The van der Waals surface area contributed by atoms with Gasteiger partial charge in [-0.2, -0.15) is 0 Å². The Labute approximate surface area is 163 Å². The smallest absolute Gasteiger partial charge is 0.236 e. The van der Waals surface area contributed by atoms with E-state index in [4.69, 9.17) is 0 Å². The standard InChI is InChI=1S/C19H26N4OS2/c1-12-8-10-16(11-9-12)20-18-21-22-19(26-18)25-15(4)17(24)23-13(2)6-5-7-14(23)3/h8-11,13-15H,5-7H2,1-4H3,(H,20,21)/t13-,14+,15-/m0/s1. The molecule has 1 fully saturated rings. The van der Waals surface area contributed by atoms with E-state index in [2.05, 4.69) is 53.3 Å². The second-order valence-electron chi connectivity index (χ2n) is 7.00. The summed E-state index contributed by atoms with van der Waals surface area (Å²) in [6.45, 7) is 8.33. The summed E-state index contributed by atoms with van der Waals surface area (Å²) in [7, 11) is 0. The molecule has 1 aromatic heterocycles. The van der Waals surface area contributed by atoms with E-state index in [0.29, 0.717) is 12.1 Å². The maximum Gasteiger partial charge on any atom is 0.236 e. The molecule has 1 amide bonds. The number of likely N-dealkylation sites (tertiary alicyclic amines) is 1. The van der Waals surface area contributed by atoms with Gasteiger partial charge in [-0.3, -0.25) is 4.79 Å². The van der Waals surface area contributed by atoms with Gasteiger partial charge < -0.3 is 10.2 Å². The van der Waals surface area contributed by atoms with Crippen molar-refractivity contribution in [3.8, 4) is 0 Å². The van der Waals surface area contributed by atoms with Crippen molar-refractivity contribution in [1.29, 1.82) is 0 Å². The Bertz CT molecular complexity index is 736. The Morgan fingerprint density at radius 1 is 1.23 bits per heavy atom. The van der Waals surface area contributed by atoms with Crippen LogP contribution in [0.2, 0.25) is 0 Å². The number of amides is 1. The Morgan fingerprint density at radius 3 is 2.54 bits per heavy atom. The van der Waals surface area contributed by atoms with Gasteiger partial charge in [-0.15, -0.1) is 10.2 Å². The number of carbonyl (C=O) groups excluding carboxylic acids is 1. The van der Waals surface area contributed by atoms with Gasteiger partial charge in [0.2, 0.25) is 11.0 Å². The number of carbonyl (C=O) groups is 1. The number of benzene rings is 1. The molecule has 26 heavy (non-hydrogen) atoms. The van der Waals surface area contributed by atoms with E-state index in [1.165, 1.54) is 35.1 Å². The first kappa shape index (κ1) is 19.2. The summed E-state index contributed by atoms with van der Waals surface area (Å²) in [6, 6.07) is 8.80. The van der Waals surface area contributed by atoms with Crippen LogP contribution in [-0.2, 0) is 4.79 Å². The van der Waals surface area contributed by atoms with E-state index in [0.717, 1.165) is 28.0 Å². The highest BCUT2D eigenvalue weighted by atomic mass is 32.2. The van der Waals surface area contributed by atoms with Gasteiger partial charge >= 0.3 is 0 Å². The minimum absolute atomic E-state index is 0.154. The molecule has 1 aliphatic rings. The molecule has 0 unspecified atom stereocenters. The van der Waals surface area contributed by atoms with Crippen molar-refractivity contribution < 1.29 is 4.79 Å². The van der Waals surface area contributed by atoms with E-state index in [-0.39, 0.29) is 11.2 Å². The van der Waals surface area contributed by atoms with Crippen molar-refractivity contribution >= 4 is 39.8 Å². The van der Waals surface area contributed by atoms with Crippen molar-refractivity contribution in [1.82, 2.24) is 15.1 Å². The molecule has 5 nitrogen and oxygen atoms in total. The second kappa shape index (κ2) is 8.39. The highest BCUT2D eigenvalue weighted by Crippen LogP contribution is 2.33. The Balaban J connectivity index is 1.61. The van der Waals surface area contributed by atoms with Crippen LogP contribution in [0.5, 0.6) is 0 Å². The van der Waals surface area contributed by atoms with Crippen molar-refractivity contribution in [3.63, 3.8) is 0 Å². The van der Waals surface area contributed by atoms with Crippen LogP contribution < -0.4 is 5.32 Å². The third-order valence-electron chi connectivity index (χ3n) is 4.78. The predicted octanol–water partition coefficient (Wildman–Crippen LogP) is 4.86. The number of rotatable bonds is 5. The molecule has 0 saturated carbocycles. The molecule has 7 heteroatoms. The van der Waals surface area contributed by atoms with E-state index >= 15 is 0 Å². The number of anilines is 2. The zero-order valence-electron chi connectivity index (χ0n) is 15.7. The Morgan fingerprint density at radius 2 is 1.88 bits per heavy atom. The summed E-state index contributed by atoms with van der Waals surface area (Å²) < 4.78 is 0.817. The highest BCUT2D eigenvalue weighted by Gasteiger charge is 2.32. The molecule has 3 rings (SSSR count). The van der Waals surface area contributed by atoms with Gasteiger partial charge in [0.25, 0.3) is 0 Å². The molecule has 0 aliphatic carbocycles. The summed E-state index contributed by atoms with van der Waals surface area (Å²) in [5, 5.41) is 12.3. The van der Waals surface area contributed by atoms with E-state index in [1.807, 2.05) is 19.1 Å². The third kappa shape index (κ3) is 4.57. The first-order valence-electron chi connectivity index (χ1n) is 9.10. The lowest BCUT2D eigenvalue weighted by Crippen LogP contribution is -2.50. The highest BCUT2D eigenvalue weighted by molar-refractivity contribution is 8.02. The van der Waals surface area contributed by atoms with Gasteiger partial charge in [0, 0.05) is 17.8 Å². The maximum absolute atomic E-state index is 12.9. The minimum Gasteiger partial charge on any atom is -0.336 e. The molecule has 1 saturated heterocycles. The summed E-state index contributed by atoms with van der Waals surface area (Å²) in [4.78, 5) is 15.0. The van der Waals surface area contributed by atoms with E-state index in [9.17, 15) is 4.79 Å². The van der Waals surface area contributed by atoms with Gasteiger partial charge in [-0.05, 0) is 59.1 Å². The van der Waals surface area contributed by atoms with Crippen LogP contribution in [0.4, 0.5) is 10.8 Å². The second-order valence-corrected chi connectivity index (χ2v) is 9.56. The molecule has 140 valence electrons. The number of thioether (sulfide) groups is 1. The summed E-state index contributed by atoms with van der Waals surface area (Å²) in [5.74, 6) is 0.206. The molecule has 1 N–H and O–H groups in total. The number of nitrogens with zero attached hydrogens (tertiary/aromatic N) is 3. The largest absolute Gasteiger partial charge is 0.336 e. The lowest BCUT2D eigenvalue weighted by Gasteiger charge is -2.40. The quantitative estimate of drug-likeness (QED) is 0.739. The van der Waals surface area contributed by atoms with Gasteiger partial charge in [0.15, 0.2) is 4.34 Å². The van der Waals surface area contributed by atoms with Crippen molar-refractivity contribution in [2.45, 2.75) is 68.6 Å². The summed E-state index contributed by atoms with van der Waals surface area (Å²) in [6.07, 6.45) is 3.39. The normalized spacial score (nSPS) is 21.5. The average Bonchev–Trinajstić information content (AvgIpc) is 3.03. The van der Waals surface area contributed by atoms with Crippen LogP contribution in [0, 0.1) is 6.92 Å². The van der Waals surface area contributed by atoms with Crippen LogP contribution >= 0.6 is 23.1 Å². The number of aryl methyl sites for hydroxylation is 1. The van der Waals surface area contributed by atoms with Crippen molar-refractivity contribution in [2.24, 2.45) is 0 Å². The molecular formula is C19H26N4OS2. The molecule has 2 heterocycles. The first-order valence-corrected chi connectivity index (χ1v) is 10.8. The molecule has 1 aliphatic heterocycles. The fourth-order valence-corrected chi connectivity index (χ4v) is 5.31. The molecule has 0 radical (unpaired) electrons.